The standard InChI is InChI=1S/C26H19ClN4O2/c27-23-16-22-21(17-28-23)24(29-25(32)33)30-31(22)26(18-10-4-1-5-11-18,19-12-6-2-7-13-19)20-14-8-3-9-15-20/h1-17H,(H,29,30)(H,32,33). The lowest BCUT2D eigenvalue weighted by atomic mass is 9.77. The minimum atomic E-state index is -1.21. The van der Waals surface area contributed by atoms with Gasteiger partial charge in [-0.25, -0.2) is 14.5 Å². The van der Waals surface area contributed by atoms with E-state index in [-0.39, 0.29) is 11.0 Å². The maximum Gasteiger partial charge on any atom is 0.410 e. The van der Waals surface area contributed by atoms with Gasteiger partial charge in [0, 0.05) is 12.3 Å². The Kier molecular flexibility index (Phi) is 5.28. The van der Waals surface area contributed by atoms with Crippen LogP contribution < -0.4 is 5.32 Å². The quantitative estimate of drug-likeness (QED) is 0.251. The molecule has 0 aliphatic carbocycles. The SMILES string of the molecule is O=C(O)Nc1nn(C(c2ccccc2)(c2ccccc2)c2ccccc2)c2cc(Cl)ncc12. The van der Waals surface area contributed by atoms with E-state index < -0.39 is 11.6 Å². The molecule has 0 saturated heterocycles. The fourth-order valence-electron chi connectivity index (χ4n) is 4.34. The average Bonchev–Trinajstić information content (AvgIpc) is 3.18. The smallest absolute Gasteiger partial charge is 0.410 e. The van der Waals surface area contributed by atoms with Crippen LogP contribution in [0.5, 0.6) is 0 Å². The first-order chi connectivity index (χ1) is 16.1. The molecule has 0 unspecified atom stereocenters. The molecule has 6 nitrogen and oxygen atoms in total. The molecule has 162 valence electrons. The van der Waals surface area contributed by atoms with E-state index in [1.807, 2.05) is 95.7 Å². The van der Waals surface area contributed by atoms with Gasteiger partial charge < -0.3 is 5.11 Å². The number of carbonyl (C=O) groups is 1. The second-order valence-corrected chi connectivity index (χ2v) is 7.91. The zero-order chi connectivity index (χ0) is 22.8. The number of rotatable bonds is 5. The van der Waals surface area contributed by atoms with Gasteiger partial charge in [0.25, 0.3) is 0 Å². The third-order valence-electron chi connectivity index (χ3n) is 5.65. The second-order valence-electron chi connectivity index (χ2n) is 7.52. The van der Waals surface area contributed by atoms with E-state index in [9.17, 15) is 9.90 Å². The summed E-state index contributed by atoms with van der Waals surface area (Å²) in [6.45, 7) is 0. The monoisotopic (exact) mass is 454 g/mol. The number of pyridine rings is 1. The summed E-state index contributed by atoms with van der Waals surface area (Å²) >= 11 is 6.30. The molecule has 5 aromatic rings. The van der Waals surface area contributed by atoms with Crippen molar-refractivity contribution in [1.82, 2.24) is 14.8 Å². The summed E-state index contributed by atoms with van der Waals surface area (Å²) in [4.78, 5) is 15.7. The molecule has 1 amide bonds. The Labute approximate surface area is 195 Å². The third-order valence-corrected chi connectivity index (χ3v) is 5.86. The minimum Gasteiger partial charge on any atom is -0.465 e. The van der Waals surface area contributed by atoms with Crippen LogP contribution in [0.25, 0.3) is 10.9 Å². The van der Waals surface area contributed by atoms with Crippen molar-refractivity contribution in [2.45, 2.75) is 5.54 Å². The molecular weight excluding hydrogens is 436 g/mol. The first-order valence-corrected chi connectivity index (χ1v) is 10.7. The number of halogens is 1. The summed E-state index contributed by atoms with van der Waals surface area (Å²) in [6, 6.07) is 31.7. The molecule has 0 atom stereocenters. The summed E-state index contributed by atoms with van der Waals surface area (Å²) < 4.78 is 1.83. The molecule has 0 fully saturated rings. The zero-order valence-electron chi connectivity index (χ0n) is 17.4. The lowest BCUT2D eigenvalue weighted by Gasteiger charge is -2.37. The van der Waals surface area contributed by atoms with Crippen LogP contribution in [0.1, 0.15) is 16.7 Å². The molecule has 7 heteroatoms. The highest BCUT2D eigenvalue weighted by Gasteiger charge is 2.41. The molecule has 2 aromatic heterocycles. The van der Waals surface area contributed by atoms with Crippen LogP contribution in [0, 0.1) is 0 Å². The van der Waals surface area contributed by atoms with Crippen molar-refractivity contribution >= 4 is 34.4 Å². The maximum atomic E-state index is 11.5. The summed E-state index contributed by atoms with van der Waals surface area (Å²) in [5.41, 5.74) is 2.62. The average molecular weight is 455 g/mol. The van der Waals surface area contributed by atoms with Crippen molar-refractivity contribution in [1.29, 1.82) is 0 Å². The number of aromatic nitrogens is 3. The first-order valence-electron chi connectivity index (χ1n) is 10.3. The highest BCUT2D eigenvalue weighted by atomic mass is 35.5. The van der Waals surface area contributed by atoms with Gasteiger partial charge in [-0.15, -0.1) is 0 Å². The number of hydrogen-bond donors (Lipinski definition) is 2. The molecule has 0 spiro atoms. The summed E-state index contributed by atoms with van der Waals surface area (Å²) in [6.07, 6.45) is 0.333. The molecule has 2 N–H and O–H groups in total. The van der Waals surface area contributed by atoms with Gasteiger partial charge in [0.1, 0.15) is 10.7 Å². The molecule has 3 aromatic carbocycles. The van der Waals surface area contributed by atoms with Crippen molar-refractivity contribution in [3.63, 3.8) is 0 Å². The number of anilines is 1. The van der Waals surface area contributed by atoms with Crippen LogP contribution in [0.15, 0.2) is 103 Å². The molecular formula is C26H19ClN4O2. The van der Waals surface area contributed by atoms with Gasteiger partial charge in [-0.05, 0) is 16.7 Å². The Morgan fingerprint density at radius 3 is 1.79 bits per heavy atom. The van der Waals surface area contributed by atoms with Crippen LogP contribution >= 0.6 is 11.6 Å². The lowest BCUT2D eigenvalue weighted by Crippen LogP contribution is -2.38. The molecule has 0 bridgehead atoms. The van der Waals surface area contributed by atoms with E-state index in [1.165, 1.54) is 6.20 Å². The van der Waals surface area contributed by atoms with Crippen molar-refractivity contribution in [3.05, 3.63) is 125 Å². The van der Waals surface area contributed by atoms with Crippen LogP contribution in [0.2, 0.25) is 5.15 Å². The fraction of sp³-hybridized carbons (Fsp3) is 0.0385. The van der Waals surface area contributed by atoms with Gasteiger partial charge in [0.2, 0.25) is 0 Å². The highest BCUT2D eigenvalue weighted by Crippen LogP contribution is 2.43. The number of fused-ring (bicyclic) bond motifs is 1. The van der Waals surface area contributed by atoms with Crippen LogP contribution in [-0.2, 0) is 5.54 Å². The molecule has 0 aliphatic rings. The Morgan fingerprint density at radius 1 is 0.848 bits per heavy atom. The van der Waals surface area contributed by atoms with Gasteiger partial charge >= 0.3 is 6.09 Å². The first kappa shape index (κ1) is 20.7. The zero-order valence-corrected chi connectivity index (χ0v) is 18.1. The molecule has 0 radical (unpaired) electrons. The number of nitrogens with one attached hydrogen (secondary N) is 1. The Morgan fingerprint density at radius 2 is 1.33 bits per heavy atom. The molecule has 5 rings (SSSR count). The number of nitrogens with zero attached hydrogens (tertiary/aromatic N) is 3. The Hall–Kier alpha value is -4.16. The van der Waals surface area contributed by atoms with Crippen LogP contribution in [0.3, 0.4) is 0 Å². The van der Waals surface area contributed by atoms with Gasteiger partial charge in [-0.1, -0.05) is 103 Å². The van der Waals surface area contributed by atoms with Gasteiger partial charge in [-0.2, -0.15) is 5.10 Å². The predicted octanol–water partition coefficient (Wildman–Crippen LogP) is 6.01. The van der Waals surface area contributed by atoms with E-state index in [0.29, 0.717) is 10.9 Å². The van der Waals surface area contributed by atoms with Crippen LogP contribution in [0.4, 0.5) is 10.6 Å². The van der Waals surface area contributed by atoms with Gasteiger partial charge in [0.05, 0.1) is 10.9 Å². The van der Waals surface area contributed by atoms with Gasteiger partial charge in [-0.3, -0.25) is 5.32 Å². The van der Waals surface area contributed by atoms with Crippen molar-refractivity contribution < 1.29 is 9.90 Å². The molecule has 2 heterocycles. The van der Waals surface area contributed by atoms with E-state index in [2.05, 4.69) is 10.3 Å². The van der Waals surface area contributed by atoms with Crippen molar-refractivity contribution in [3.8, 4) is 0 Å². The molecule has 0 saturated carbocycles. The Balaban J connectivity index is 1.97. The van der Waals surface area contributed by atoms with Crippen molar-refractivity contribution in [2.24, 2.45) is 0 Å². The third kappa shape index (κ3) is 3.50. The lowest BCUT2D eigenvalue weighted by molar-refractivity contribution is 0.209. The highest BCUT2D eigenvalue weighted by molar-refractivity contribution is 6.30. The number of amides is 1. The predicted molar refractivity (Wildman–Crippen MR) is 129 cm³/mol. The summed E-state index contributed by atoms with van der Waals surface area (Å²) in [5.74, 6) is 0.189. The van der Waals surface area contributed by atoms with E-state index in [4.69, 9.17) is 16.7 Å². The minimum absolute atomic E-state index is 0.189. The summed E-state index contributed by atoms with van der Waals surface area (Å²) in [5, 5.41) is 17.5. The normalized spacial score (nSPS) is 11.4. The number of benzene rings is 3. The topological polar surface area (TPSA) is 80.0 Å². The van der Waals surface area contributed by atoms with E-state index in [0.717, 1.165) is 16.7 Å². The largest absolute Gasteiger partial charge is 0.465 e. The number of carboxylic acid groups (broad SMARTS) is 1. The Bertz CT molecular complexity index is 1320. The molecule has 0 aliphatic heterocycles. The fourth-order valence-corrected chi connectivity index (χ4v) is 4.49. The van der Waals surface area contributed by atoms with Gasteiger partial charge in [0.15, 0.2) is 5.82 Å². The van der Waals surface area contributed by atoms with Crippen molar-refractivity contribution in [2.75, 3.05) is 5.32 Å². The van der Waals surface area contributed by atoms with Crippen LogP contribution in [-0.4, -0.2) is 26.0 Å². The van der Waals surface area contributed by atoms with E-state index in [1.54, 1.807) is 6.07 Å². The maximum absolute atomic E-state index is 11.5. The van der Waals surface area contributed by atoms with E-state index >= 15 is 0 Å². The number of hydrogen-bond acceptors (Lipinski definition) is 3. The molecule has 33 heavy (non-hydrogen) atoms. The second kappa shape index (κ2) is 8.41. The summed E-state index contributed by atoms with van der Waals surface area (Å²) in [7, 11) is 0.